The molecule has 1 amide bonds. The molecule has 0 aliphatic heterocycles. The molecule has 92 valence electrons. The van der Waals surface area contributed by atoms with Crippen molar-refractivity contribution < 1.29 is 4.79 Å². The Kier molecular flexibility index (Phi) is 3.89. The fraction of sp³-hybridized carbons (Fsp3) is 0. The summed E-state index contributed by atoms with van der Waals surface area (Å²) in [6.07, 6.45) is 0. The molecule has 0 saturated heterocycles. The summed E-state index contributed by atoms with van der Waals surface area (Å²) in [5.74, 6) is -0.191. The molecule has 0 spiro atoms. The van der Waals surface area contributed by atoms with E-state index in [1.807, 2.05) is 0 Å². The van der Waals surface area contributed by atoms with Gasteiger partial charge in [0.25, 0.3) is 5.91 Å². The lowest BCUT2D eigenvalue weighted by molar-refractivity contribution is 0.102. The molecule has 2 aromatic carbocycles. The molecule has 0 saturated carbocycles. The van der Waals surface area contributed by atoms with Crippen LogP contribution in [0.15, 0.2) is 46.9 Å². The zero-order valence-electron chi connectivity index (χ0n) is 9.28. The molecular weight excluding hydrogens is 316 g/mol. The van der Waals surface area contributed by atoms with Crippen molar-refractivity contribution in [3.05, 3.63) is 57.5 Å². The van der Waals surface area contributed by atoms with Crippen molar-refractivity contribution in [2.75, 3.05) is 11.1 Å². The first-order valence-corrected chi connectivity index (χ1v) is 6.35. The summed E-state index contributed by atoms with van der Waals surface area (Å²) in [6.45, 7) is 0. The average Bonchev–Trinajstić information content (AvgIpc) is 2.34. The van der Waals surface area contributed by atoms with Gasteiger partial charge in [-0.3, -0.25) is 4.79 Å². The lowest BCUT2D eigenvalue weighted by Crippen LogP contribution is -2.11. The smallest absolute Gasteiger partial charge is 0.255 e. The summed E-state index contributed by atoms with van der Waals surface area (Å²) >= 11 is 9.18. The monoisotopic (exact) mass is 324 g/mol. The number of benzene rings is 2. The molecular formula is C13H10BrClN2O. The van der Waals surface area contributed by atoms with E-state index in [2.05, 4.69) is 21.2 Å². The molecule has 3 nitrogen and oxygen atoms in total. The van der Waals surface area contributed by atoms with Crippen LogP contribution in [0.5, 0.6) is 0 Å². The zero-order valence-corrected chi connectivity index (χ0v) is 11.6. The van der Waals surface area contributed by atoms with Crippen molar-refractivity contribution in [3.63, 3.8) is 0 Å². The highest BCUT2D eigenvalue weighted by Crippen LogP contribution is 2.25. The number of nitrogen functional groups attached to an aromatic ring is 1. The van der Waals surface area contributed by atoms with Crippen LogP contribution in [0.25, 0.3) is 0 Å². The van der Waals surface area contributed by atoms with Crippen molar-refractivity contribution >= 4 is 44.8 Å². The minimum atomic E-state index is -0.191. The van der Waals surface area contributed by atoms with Crippen molar-refractivity contribution in [3.8, 4) is 0 Å². The molecule has 5 heteroatoms. The normalized spacial score (nSPS) is 10.1. The van der Waals surface area contributed by atoms with Gasteiger partial charge in [-0.1, -0.05) is 11.6 Å². The van der Waals surface area contributed by atoms with Crippen LogP contribution in [0.4, 0.5) is 11.4 Å². The number of carbonyl (C=O) groups is 1. The molecule has 18 heavy (non-hydrogen) atoms. The highest BCUT2D eigenvalue weighted by atomic mass is 79.9. The summed E-state index contributed by atoms with van der Waals surface area (Å²) in [5, 5.41) is 3.37. The van der Waals surface area contributed by atoms with E-state index in [0.29, 0.717) is 22.0 Å². The summed E-state index contributed by atoms with van der Waals surface area (Å²) in [7, 11) is 0. The van der Waals surface area contributed by atoms with E-state index in [0.717, 1.165) is 4.47 Å². The third-order valence-corrected chi connectivity index (χ3v) is 3.56. The van der Waals surface area contributed by atoms with Crippen LogP contribution in [0, 0.1) is 0 Å². The highest BCUT2D eigenvalue weighted by molar-refractivity contribution is 9.10. The van der Waals surface area contributed by atoms with Gasteiger partial charge in [-0.25, -0.2) is 0 Å². The molecule has 0 atom stereocenters. The van der Waals surface area contributed by atoms with Crippen LogP contribution >= 0.6 is 27.5 Å². The SMILES string of the molecule is Nc1ccc(C(=O)Nc2ccc(Cl)c(Br)c2)cc1. The van der Waals surface area contributed by atoms with Crippen LogP contribution in [0.1, 0.15) is 10.4 Å². The number of amides is 1. The van der Waals surface area contributed by atoms with Gasteiger partial charge < -0.3 is 11.1 Å². The first-order valence-electron chi connectivity index (χ1n) is 5.18. The zero-order chi connectivity index (χ0) is 13.1. The van der Waals surface area contributed by atoms with Gasteiger partial charge in [0, 0.05) is 21.4 Å². The number of rotatable bonds is 2. The predicted molar refractivity (Wildman–Crippen MR) is 78.0 cm³/mol. The highest BCUT2D eigenvalue weighted by Gasteiger charge is 2.06. The number of nitrogens with two attached hydrogens (primary N) is 1. The van der Waals surface area contributed by atoms with Gasteiger partial charge in [-0.05, 0) is 58.4 Å². The molecule has 0 aliphatic carbocycles. The Morgan fingerprint density at radius 1 is 1.17 bits per heavy atom. The van der Waals surface area contributed by atoms with Gasteiger partial charge in [0.1, 0.15) is 0 Å². The van der Waals surface area contributed by atoms with Crippen molar-refractivity contribution in [2.24, 2.45) is 0 Å². The van der Waals surface area contributed by atoms with Crippen LogP contribution in [0.3, 0.4) is 0 Å². The van der Waals surface area contributed by atoms with Crippen LogP contribution in [-0.4, -0.2) is 5.91 Å². The number of hydrogen-bond donors (Lipinski definition) is 2. The van der Waals surface area contributed by atoms with E-state index < -0.39 is 0 Å². The summed E-state index contributed by atoms with van der Waals surface area (Å²) in [5.41, 5.74) is 7.41. The van der Waals surface area contributed by atoms with E-state index in [1.54, 1.807) is 42.5 Å². The fourth-order valence-electron chi connectivity index (χ4n) is 1.41. The number of carbonyl (C=O) groups excluding carboxylic acids is 1. The second-order valence-corrected chi connectivity index (χ2v) is 4.97. The maximum atomic E-state index is 11.9. The molecule has 0 radical (unpaired) electrons. The number of nitrogens with one attached hydrogen (secondary N) is 1. The Balaban J connectivity index is 2.16. The van der Waals surface area contributed by atoms with Gasteiger partial charge in [-0.15, -0.1) is 0 Å². The second kappa shape index (κ2) is 5.42. The molecule has 3 N–H and O–H groups in total. The summed E-state index contributed by atoms with van der Waals surface area (Å²) in [6, 6.07) is 11.9. The van der Waals surface area contributed by atoms with E-state index in [4.69, 9.17) is 17.3 Å². The standard InChI is InChI=1S/C13H10BrClN2O/c14-11-7-10(5-6-12(11)15)17-13(18)8-1-3-9(16)4-2-8/h1-7H,16H2,(H,17,18). The van der Waals surface area contributed by atoms with Gasteiger partial charge in [0.15, 0.2) is 0 Å². The summed E-state index contributed by atoms with van der Waals surface area (Å²) in [4.78, 5) is 11.9. The number of halogens is 2. The lowest BCUT2D eigenvalue weighted by atomic mass is 10.2. The minimum Gasteiger partial charge on any atom is -0.399 e. The molecule has 0 fully saturated rings. The Bertz CT molecular complexity index is 584. The van der Waals surface area contributed by atoms with Gasteiger partial charge >= 0.3 is 0 Å². The molecule has 0 bridgehead atoms. The van der Waals surface area contributed by atoms with E-state index in [9.17, 15) is 4.79 Å². The third-order valence-electron chi connectivity index (χ3n) is 2.35. The summed E-state index contributed by atoms with van der Waals surface area (Å²) < 4.78 is 0.735. The molecule has 0 aliphatic rings. The quantitative estimate of drug-likeness (QED) is 0.822. The number of anilines is 2. The van der Waals surface area contributed by atoms with E-state index in [-0.39, 0.29) is 5.91 Å². The first kappa shape index (κ1) is 12.9. The Hall–Kier alpha value is -1.52. The first-order chi connectivity index (χ1) is 8.56. The maximum Gasteiger partial charge on any atom is 0.255 e. The third kappa shape index (κ3) is 3.03. The van der Waals surface area contributed by atoms with Crippen molar-refractivity contribution in [1.82, 2.24) is 0 Å². The minimum absolute atomic E-state index is 0.191. The predicted octanol–water partition coefficient (Wildman–Crippen LogP) is 3.94. The van der Waals surface area contributed by atoms with E-state index in [1.165, 1.54) is 0 Å². The van der Waals surface area contributed by atoms with Gasteiger partial charge in [0.05, 0.1) is 5.02 Å². The van der Waals surface area contributed by atoms with E-state index >= 15 is 0 Å². The van der Waals surface area contributed by atoms with Crippen LogP contribution in [-0.2, 0) is 0 Å². The van der Waals surface area contributed by atoms with Crippen LogP contribution in [0.2, 0.25) is 5.02 Å². The fourth-order valence-corrected chi connectivity index (χ4v) is 1.91. The topological polar surface area (TPSA) is 55.1 Å². The molecule has 0 aromatic heterocycles. The molecule has 0 heterocycles. The largest absolute Gasteiger partial charge is 0.399 e. The number of hydrogen-bond acceptors (Lipinski definition) is 2. The average molecular weight is 326 g/mol. The molecule has 2 aromatic rings. The van der Waals surface area contributed by atoms with Gasteiger partial charge in [0.2, 0.25) is 0 Å². The molecule has 0 unspecified atom stereocenters. The lowest BCUT2D eigenvalue weighted by Gasteiger charge is -2.06. The van der Waals surface area contributed by atoms with Crippen LogP contribution < -0.4 is 11.1 Å². The van der Waals surface area contributed by atoms with Crippen molar-refractivity contribution in [2.45, 2.75) is 0 Å². The maximum absolute atomic E-state index is 11.9. The Morgan fingerprint density at radius 2 is 1.83 bits per heavy atom. The van der Waals surface area contributed by atoms with Gasteiger partial charge in [-0.2, -0.15) is 0 Å². The Morgan fingerprint density at radius 3 is 2.44 bits per heavy atom. The van der Waals surface area contributed by atoms with Crippen molar-refractivity contribution in [1.29, 1.82) is 0 Å². The second-order valence-electron chi connectivity index (χ2n) is 3.71. The molecule has 2 rings (SSSR count). The Labute approximate surface area is 118 Å².